The van der Waals surface area contributed by atoms with Crippen molar-refractivity contribution in [3.05, 3.63) is 58.7 Å². The third-order valence-corrected chi connectivity index (χ3v) is 3.51. The molecule has 0 aliphatic rings. The first-order valence-electron chi connectivity index (χ1n) is 7.21. The van der Waals surface area contributed by atoms with Gasteiger partial charge in [-0.2, -0.15) is 0 Å². The van der Waals surface area contributed by atoms with Crippen LogP contribution in [-0.2, 0) is 6.54 Å². The number of aromatic nitrogens is 1. The van der Waals surface area contributed by atoms with Crippen molar-refractivity contribution < 1.29 is 23.1 Å². The molecule has 1 amide bonds. The lowest BCUT2D eigenvalue weighted by atomic mass is 10.1. The van der Waals surface area contributed by atoms with Gasteiger partial charge in [-0.25, -0.2) is 13.2 Å². The summed E-state index contributed by atoms with van der Waals surface area (Å²) in [5, 5.41) is 12.3. The number of halogens is 3. The molecule has 1 aromatic heterocycles. The number of aliphatic hydroxyl groups is 1. The van der Waals surface area contributed by atoms with Crippen molar-refractivity contribution in [3.63, 3.8) is 0 Å². The molecule has 1 aromatic carbocycles. The second kappa shape index (κ2) is 7.50. The Morgan fingerprint density at radius 1 is 1.25 bits per heavy atom. The Kier molecular flexibility index (Phi) is 5.63. The van der Waals surface area contributed by atoms with E-state index >= 15 is 0 Å². The average molecular weight is 341 g/mol. The van der Waals surface area contributed by atoms with Crippen LogP contribution in [0.3, 0.4) is 0 Å². The van der Waals surface area contributed by atoms with Crippen LogP contribution >= 0.6 is 0 Å². The number of benzene rings is 1. The van der Waals surface area contributed by atoms with Crippen LogP contribution in [0.2, 0.25) is 0 Å². The summed E-state index contributed by atoms with van der Waals surface area (Å²) in [4.78, 5) is 16.1. The smallest absolute Gasteiger partial charge is 0.269 e. The summed E-state index contributed by atoms with van der Waals surface area (Å²) in [6.07, 6.45) is 0. The number of carbonyl (C=O) groups excluding carboxylic acids is 1. The maximum Gasteiger partial charge on any atom is 0.269 e. The van der Waals surface area contributed by atoms with Crippen molar-refractivity contribution in [2.45, 2.75) is 12.6 Å². The van der Waals surface area contributed by atoms with Crippen LogP contribution in [0.15, 0.2) is 24.3 Å². The Morgan fingerprint density at radius 3 is 2.42 bits per heavy atom. The number of nitrogens with one attached hydrogen (secondary N) is 2. The zero-order valence-corrected chi connectivity index (χ0v) is 13.2. The van der Waals surface area contributed by atoms with Gasteiger partial charge in [0.2, 0.25) is 0 Å². The van der Waals surface area contributed by atoms with Gasteiger partial charge in [-0.15, -0.1) is 0 Å². The fourth-order valence-electron chi connectivity index (χ4n) is 2.21. The fraction of sp³-hybridized carbons (Fsp3) is 0.312. The number of aliphatic hydroxyl groups excluding tert-OH is 1. The molecule has 5 nitrogen and oxygen atoms in total. The lowest BCUT2D eigenvalue weighted by Gasteiger charge is -2.17. The summed E-state index contributed by atoms with van der Waals surface area (Å²) in [6, 6.07) is 4.18. The molecule has 0 radical (unpaired) electrons. The number of hydrogen-bond acceptors (Lipinski definition) is 3. The van der Waals surface area contributed by atoms with Gasteiger partial charge >= 0.3 is 0 Å². The maximum atomic E-state index is 13.3. The van der Waals surface area contributed by atoms with E-state index in [0.717, 1.165) is 12.1 Å². The molecule has 0 spiro atoms. The lowest BCUT2D eigenvalue weighted by molar-refractivity contribution is 0.0822. The molecule has 8 heteroatoms. The van der Waals surface area contributed by atoms with E-state index in [4.69, 9.17) is 0 Å². The highest BCUT2D eigenvalue weighted by molar-refractivity contribution is 5.92. The van der Waals surface area contributed by atoms with Gasteiger partial charge < -0.3 is 20.3 Å². The van der Waals surface area contributed by atoms with E-state index in [-0.39, 0.29) is 18.0 Å². The molecule has 0 fully saturated rings. The van der Waals surface area contributed by atoms with E-state index in [2.05, 4.69) is 10.3 Å². The van der Waals surface area contributed by atoms with Gasteiger partial charge in [-0.05, 0) is 29.8 Å². The number of hydrogen-bond donors (Lipinski definition) is 3. The molecular formula is C16H18F3N3O2. The summed E-state index contributed by atoms with van der Waals surface area (Å²) >= 11 is 0. The molecule has 0 bridgehead atoms. The summed E-state index contributed by atoms with van der Waals surface area (Å²) in [7, 11) is 3.25. The topological polar surface area (TPSA) is 68.4 Å². The van der Waals surface area contributed by atoms with Crippen LogP contribution in [0.1, 0.15) is 27.8 Å². The summed E-state index contributed by atoms with van der Waals surface area (Å²) < 4.78 is 39.6. The molecule has 24 heavy (non-hydrogen) atoms. The third-order valence-electron chi connectivity index (χ3n) is 3.51. The molecule has 3 N–H and O–H groups in total. The van der Waals surface area contributed by atoms with Gasteiger partial charge in [-0.3, -0.25) is 4.79 Å². The predicted octanol–water partition coefficient (Wildman–Crippen LogP) is 1.96. The quantitative estimate of drug-likeness (QED) is 0.704. The van der Waals surface area contributed by atoms with E-state index in [1.165, 1.54) is 4.90 Å². The highest BCUT2D eigenvalue weighted by Crippen LogP contribution is 2.19. The number of rotatable bonds is 6. The zero-order chi connectivity index (χ0) is 17.9. The largest absolute Gasteiger partial charge is 0.394 e. The molecule has 1 heterocycles. The van der Waals surface area contributed by atoms with Crippen molar-refractivity contribution in [1.82, 2.24) is 15.2 Å². The van der Waals surface area contributed by atoms with Gasteiger partial charge in [-0.1, -0.05) is 0 Å². The standard InChI is InChI=1S/C16H18F3N3O2/c1-22(2)16(24)13-4-3-10(21-13)7-20-14(8-23)9-5-11(17)15(19)12(18)6-9/h3-6,14,20-21,23H,7-8H2,1-2H3. The normalized spacial score (nSPS) is 12.2. The molecule has 0 aliphatic carbocycles. The monoisotopic (exact) mass is 341 g/mol. The molecule has 0 aliphatic heterocycles. The average Bonchev–Trinajstić information content (AvgIpc) is 3.01. The lowest BCUT2D eigenvalue weighted by Crippen LogP contribution is -2.25. The minimum absolute atomic E-state index is 0.0880. The molecule has 2 rings (SSSR count). The van der Waals surface area contributed by atoms with E-state index in [1.807, 2.05) is 0 Å². The minimum atomic E-state index is -1.55. The van der Waals surface area contributed by atoms with Crippen LogP contribution < -0.4 is 5.32 Å². The second-order valence-corrected chi connectivity index (χ2v) is 5.51. The van der Waals surface area contributed by atoms with Gasteiger partial charge in [0.25, 0.3) is 5.91 Å². The first-order chi connectivity index (χ1) is 11.3. The van der Waals surface area contributed by atoms with Gasteiger partial charge in [0.15, 0.2) is 17.5 Å². The van der Waals surface area contributed by atoms with Crippen molar-refractivity contribution in [2.75, 3.05) is 20.7 Å². The Hall–Kier alpha value is -2.32. The Balaban J connectivity index is 2.08. The van der Waals surface area contributed by atoms with E-state index in [1.54, 1.807) is 26.2 Å². The number of amides is 1. The highest BCUT2D eigenvalue weighted by Gasteiger charge is 2.17. The van der Waals surface area contributed by atoms with Crippen molar-refractivity contribution in [3.8, 4) is 0 Å². The number of aromatic amines is 1. The van der Waals surface area contributed by atoms with Crippen molar-refractivity contribution in [1.29, 1.82) is 0 Å². The Labute approximate surface area is 137 Å². The highest BCUT2D eigenvalue weighted by atomic mass is 19.2. The molecule has 1 atom stereocenters. The molecular weight excluding hydrogens is 323 g/mol. The van der Waals surface area contributed by atoms with Crippen LogP contribution in [-0.4, -0.2) is 41.6 Å². The summed E-state index contributed by atoms with van der Waals surface area (Å²) in [5.74, 6) is -4.37. The van der Waals surface area contributed by atoms with Crippen molar-refractivity contribution >= 4 is 5.91 Å². The SMILES string of the molecule is CN(C)C(=O)c1ccc(CNC(CO)c2cc(F)c(F)c(F)c2)[nH]1. The third kappa shape index (κ3) is 3.95. The minimum Gasteiger partial charge on any atom is -0.394 e. The summed E-state index contributed by atoms with van der Waals surface area (Å²) in [5.41, 5.74) is 1.14. The number of H-pyrrole nitrogens is 1. The van der Waals surface area contributed by atoms with Crippen LogP contribution in [0.4, 0.5) is 13.2 Å². The Morgan fingerprint density at radius 2 is 1.88 bits per heavy atom. The van der Waals surface area contributed by atoms with Crippen LogP contribution in [0.25, 0.3) is 0 Å². The Bertz CT molecular complexity index is 708. The molecule has 2 aromatic rings. The molecule has 0 saturated heterocycles. The fourth-order valence-corrected chi connectivity index (χ4v) is 2.21. The van der Waals surface area contributed by atoms with Crippen LogP contribution in [0.5, 0.6) is 0 Å². The van der Waals surface area contributed by atoms with Gasteiger partial charge in [0.05, 0.1) is 12.6 Å². The maximum absolute atomic E-state index is 13.3. The summed E-state index contributed by atoms with van der Waals surface area (Å²) in [6.45, 7) is -0.221. The molecule has 130 valence electrons. The van der Waals surface area contributed by atoms with E-state index in [0.29, 0.717) is 11.4 Å². The number of nitrogens with zero attached hydrogens (tertiary/aromatic N) is 1. The van der Waals surface area contributed by atoms with Crippen LogP contribution in [0, 0.1) is 17.5 Å². The van der Waals surface area contributed by atoms with E-state index < -0.39 is 30.1 Å². The second-order valence-electron chi connectivity index (χ2n) is 5.51. The van der Waals surface area contributed by atoms with Gasteiger partial charge in [0.1, 0.15) is 5.69 Å². The number of carbonyl (C=O) groups is 1. The first-order valence-corrected chi connectivity index (χ1v) is 7.21. The molecule has 0 saturated carbocycles. The van der Waals surface area contributed by atoms with Gasteiger partial charge in [0, 0.05) is 26.3 Å². The molecule has 1 unspecified atom stereocenters. The van der Waals surface area contributed by atoms with Crippen molar-refractivity contribution in [2.24, 2.45) is 0 Å². The predicted molar refractivity (Wildman–Crippen MR) is 81.8 cm³/mol. The zero-order valence-electron chi connectivity index (χ0n) is 13.2. The first kappa shape index (κ1) is 18.0. The van der Waals surface area contributed by atoms with E-state index in [9.17, 15) is 23.1 Å².